The lowest BCUT2D eigenvalue weighted by molar-refractivity contribution is -0.148. The Morgan fingerprint density at radius 1 is 1.57 bits per heavy atom. The molecule has 0 spiro atoms. The van der Waals surface area contributed by atoms with Crippen LogP contribution in [0.1, 0.15) is 19.8 Å². The van der Waals surface area contributed by atoms with Crippen molar-refractivity contribution in [2.45, 2.75) is 32.0 Å². The molecule has 82 valence electrons. The van der Waals surface area contributed by atoms with Crippen molar-refractivity contribution in [3.05, 3.63) is 11.8 Å². The van der Waals surface area contributed by atoms with E-state index in [-0.39, 0.29) is 0 Å². The number of hydrogen-bond acceptors (Lipinski definition) is 2. The molecule has 0 aliphatic carbocycles. The Morgan fingerprint density at radius 3 is 2.71 bits per heavy atom. The summed E-state index contributed by atoms with van der Waals surface area (Å²) in [6.45, 7) is 2.46. The third-order valence-corrected chi connectivity index (χ3v) is 2.07. The summed E-state index contributed by atoms with van der Waals surface area (Å²) in [5.41, 5.74) is 0.297. The van der Waals surface area contributed by atoms with Crippen LogP contribution in [0.5, 0.6) is 0 Å². The Morgan fingerprint density at radius 2 is 2.29 bits per heavy atom. The van der Waals surface area contributed by atoms with Crippen LogP contribution in [0.4, 0.5) is 13.2 Å². The molecule has 1 atom stereocenters. The summed E-state index contributed by atoms with van der Waals surface area (Å²) in [4.78, 5) is 0. The van der Waals surface area contributed by atoms with Crippen LogP contribution in [0, 0.1) is 0 Å². The topological polar surface area (TPSA) is 21.3 Å². The maximum atomic E-state index is 12.5. The molecule has 1 aliphatic heterocycles. The van der Waals surface area contributed by atoms with E-state index in [2.05, 4.69) is 5.32 Å². The zero-order valence-corrected chi connectivity index (χ0v) is 8.03. The van der Waals surface area contributed by atoms with Crippen molar-refractivity contribution in [3.8, 4) is 0 Å². The van der Waals surface area contributed by atoms with Gasteiger partial charge in [0.2, 0.25) is 0 Å². The molecule has 2 nitrogen and oxygen atoms in total. The van der Waals surface area contributed by atoms with Crippen LogP contribution in [0.3, 0.4) is 0 Å². The molecule has 5 heteroatoms. The van der Waals surface area contributed by atoms with Crippen molar-refractivity contribution in [1.29, 1.82) is 0 Å². The zero-order chi connectivity index (χ0) is 10.6. The smallest absolute Gasteiger partial charge is 0.407 e. The summed E-state index contributed by atoms with van der Waals surface area (Å²) in [5, 5.41) is 2.42. The molecule has 0 saturated carbocycles. The van der Waals surface area contributed by atoms with Crippen LogP contribution < -0.4 is 5.32 Å². The molecule has 0 saturated heterocycles. The van der Waals surface area contributed by atoms with Crippen LogP contribution in [-0.2, 0) is 4.74 Å². The van der Waals surface area contributed by atoms with E-state index >= 15 is 0 Å². The fraction of sp³-hybridized carbons (Fsp3) is 0.778. The minimum absolute atomic E-state index is 0.293. The van der Waals surface area contributed by atoms with Crippen LogP contribution in [0.15, 0.2) is 11.8 Å². The normalized spacial score (nSPS) is 19.9. The number of ether oxygens (including phenoxy) is 1. The third-order valence-electron chi connectivity index (χ3n) is 2.07. The van der Waals surface area contributed by atoms with E-state index in [0.29, 0.717) is 31.6 Å². The maximum absolute atomic E-state index is 12.5. The van der Waals surface area contributed by atoms with Crippen molar-refractivity contribution in [3.63, 3.8) is 0 Å². The van der Waals surface area contributed by atoms with Gasteiger partial charge in [-0.2, -0.15) is 13.2 Å². The molecule has 0 fully saturated rings. The SMILES string of the molecule is CCNC(C1=COCCC1)C(F)(F)F. The van der Waals surface area contributed by atoms with E-state index in [1.165, 1.54) is 6.26 Å². The van der Waals surface area contributed by atoms with Crippen LogP contribution >= 0.6 is 0 Å². The number of likely N-dealkylation sites (N-methyl/N-ethyl adjacent to an activating group) is 1. The number of alkyl halides is 3. The zero-order valence-electron chi connectivity index (χ0n) is 8.03. The lowest BCUT2D eigenvalue weighted by Crippen LogP contribution is -2.44. The Kier molecular flexibility index (Phi) is 3.80. The van der Waals surface area contributed by atoms with E-state index in [1.807, 2.05) is 0 Å². The standard InChI is InChI=1S/C9H14F3NO/c1-2-13-8(9(10,11)12)7-4-3-5-14-6-7/h6,8,13H,2-5H2,1H3. The van der Waals surface area contributed by atoms with Gasteiger partial charge in [-0.1, -0.05) is 6.92 Å². The first kappa shape index (κ1) is 11.4. The molecule has 0 bridgehead atoms. The van der Waals surface area contributed by atoms with Gasteiger partial charge in [0.15, 0.2) is 0 Å². The predicted molar refractivity (Wildman–Crippen MR) is 46.8 cm³/mol. The van der Waals surface area contributed by atoms with Gasteiger partial charge in [-0.15, -0.1) is 0 Å². The molecule has 1 N–H and O–H groups in total. The summed E-state index contributed by atoms with van der Waals surface area (Å²) in [7, 11) is 0. The van der Waals surface area contributed by atoms with Crippen molar-refractivity contribution >= 4 is 0 Å². The van der Waals surface area contributed by atoms with Gasteiger partial charge in [-0.05, 0) is 25.0 Å². The Balaban J connectivity index is 2.71. The molecule has 1 heterocycles. The maximum Gasteiger partial charge on any atom is 0.407 e. The minimum atomic E-state index is -4.23. The van der Waals surface area contributed by atoms with Crippen LogP contribution in [-0.4, -0.2) is 25.4 Å². The van der Waals surface area contributed by atoms with Gasteiger partial charge in [0.1, 0.15) is 6.04 Å². The van der Waals surface area contributed by atoms with Gasteiger partial charge >= 0.3 is 6.18 Å². The van der Waals surface area contributed by atoms with Crippen molar-refractivity contribution in [2.24, 2.45) is 0 Å². The van der Waals surface area contributed by atoms with Gasteiger partial charge in [0.05, 0.1) is 12.9 Å². The second-order valence-corrected chi connectivity index (χ2v) is 3.20. The van der Waals surface area contributed by atoms with Crippen LogP contribution in [0.2, 0.25) is 0 Å². The van der Waals surface area contributed by atoms with E-state index in [1.54, 1.807) is 6.92 Å². The van der Waals surface area contributed by atoms with Gasteiger partial charge < -0.3 is 10.1 Å². The number of hydrogen-bond donors (Lipinski definition) is 1. The summed E-state index contributed by atoms with van der Waals surface area (Å²) >= 11 is 0. The highest BCUT2D eigenvalue weighted by atomic mass is 19.4. The van der Waals surface area contributed by atoms with Crippen molar-refractivity contribution in [1.82, 2.24) is 5.32 Å². The molecule has 14 heavy (non-hydrogen) atoms. The van der Waals surface area contributed by atoms with Crippen molar-refractivity contribution < 1.29 is 17.9 Å². The number of halogens is 3. The summed E-state index contributed by atoms with van der Waals surface area (Å²) < 4.78 is 42.5. The van der Waals surface area contributed by atoms with E-state index < -0.39 is 12.2 Å². The molecule has 0 amide bonds. The third kappa shape index (κ3) is 2.90. The van der Waals surface area contributed by atoms with Gasteiger partial charge in [-0.25, -0.2) is 0 Å². The first-order valence-corrected chi connectivity index (χ1v) is 4.66. The van der Waals surface area contributed by atoms with Crippen LogP contribution in [0.25, 0.3) is 0 Å². The molecule has 1 rings (SSSR count). The molecule has 1 unspecified atom stereocenters. The monoisotopic (exact) mass is 209 g/mol. The van der Waals surface area contributed by atoms with Crippen molar-refractivity contribution in [2.75, 3.05) is 13.2 Å². The fourth-order valence-electron chi connectivity index (χ4n) is 1.46. The van der Waals surface area contributed by atoms with E-state index in [9.17, 15) is 13.2 Å². The highest BCUT2D eigenvalue weighted by Crippen LogP contribution is 2.29. The molecule has 0 radical (unpaired) electrons. The molecular formula is C9H14F3NO. The second-order valence-electron chi connectivity index (χ2n) is 3.20. The van der Waals surface area contributed by atoms with E-state index in [0.717, 1.165) is 0 Å². The Hall–Kier alpha value is -0.710. The molecular weight excluding hydrogens is 195 g/mol. The summed E-state index contributed by atoms with van der Waals surface area (Å²) in [6, 6.07) is -1.55. The van der Waals surface area contributed by atoms with Gasteiger partial charge in [0.25, 0.3) is 0 Å². The highest BCUT2D eigenvalue weighted by molar-refractivity contribution is 5.12. The predicted octanol–water partition coefficient (Wildman–Crippen LogP) is 2.22. The lowest BCUT2D eigenvalue weighted by atomic mass is 10.0. The van der Waals surface area contributed by atoms with E-state index in [4.69, 9.17) is 4.74 Å². The Labute approximate surface area is 81.1 Å². The molecule has 0 aromatic carbocycles. The average Bonchev–Trinajstić information content (AvgIpc) is 2.14. The molecule has 0 aromatic heterocycles. The Bertz CT molecular complexity index is 213. The number of nitrogens with one attached hydrogen (secondary N) is 1. The first-order valence-electron chi connectivity index (χ1n) is 4.66. The fourth-order valence-corrected chi connectivity index (χ4v) is 1.46. The second kappa shape index (κ2) is 4.68. The number of rotatable bonds is 3. The lowest BCUT2D eigenvalue weighted by Gasteiger charge is -2.25. The van der Waals surface area contributed by atoms with Gasteiger partial charge in [0, 0.05) is 0 Å². The first-order chi connectivity index (χ1) is 6.55. The molecule has 0 aromatic rings. The summed E-state index contributed by atoms with van der Waals surface area (Å²) in [6.07, 6.45) is -1.88. The summed E-state index contributed by atoms with van der Waals surface area (Å²) in [5.74, 6) is 0. The quantitative estimate of drug-likeness (QED) is 0.769. The minimum Gasteiger partial charge on any atom is -0.501 e. The average molecular weight is 209 g/mol. The largest absolute Gasteiger partial charge is 0.501 e. The van der Waals surface area contributed by atoms with Gasteiger partial charge in [-0.3, -0.25) is 0 Å². The molecule has 1 aliphatic rings. The highest BCUT2D eigenvalue weighted by Gasteiger charge is 2.41.